The Kier molecular flexibility index (Phi) is 7.64. The van der Waals surface area contributed by atoms with Gasteiger partial charge in [-0.2, -0.15) is 0 Å². The number of hydrogen-bond acceptors (Lipinski definition) is 5. The number of aliphatic hydroxyl groups is 1. The summed E-state index contributed by atoms with van der Waals surface area (Å²) in [4.78, 5) is 4.13. The van der Waals surface area contributed by atoms with E-state index in [0.717, 1.165) is 25.0 Å². The summed E-state index contributed by atoms with van der Waals surface area (Å²) in [5.41, 5.74) is 0. The third kappa shape index (κ3) is 6.14. The average molecular weight is 256 g/mol. The number of aryl methyl sites for hydroxylation is 1. The molecule has 0 amide bonds. The van der Waals surface area contributed by atoms with Gasteiger partial charge < -0.3 is 19.6 Å². The fourth-order valence-electron chi connectivity index (χ4n) is 1.46. The fraction of sp³-hybridized carbons (Fsp3) is 0.769. The minimum absolute atomic E-state index is 0.374. The Morgan fingerprint density at radius 1 is 1.50 bits per heavy atom. The predicted molar refractivity (Wildman–Crippen MR) is 69.3 cm³/mol. The molecule has 0 fully saturated rings. The first kappa shape index (κ1) is 15.1. The maximum atomic E-state index is 9.64. The normalized spacial score (nSPS) is 12.8. The highest BCUT2D eigenvalue weighted by molar-refractivity contribution is 4.93. The lowest BCUT2D eigenvalue weighted by Gasteiger charge is -2.11. The SMILES string of the molecule is CCCCOCC(O)CNCc1ncc(CC)o1. The Morgan fingerprint density at radius 2 is 2.33 bits per heavy atom. The molecule has 0 aliphatic carbocycles. The maximum Gasteiger partial charge on any atom is 0.208 e. The number of rotatable bonds is 10. The molecular formula is C13H24N2O3. The van der Waals surface area contributed by atoms with Gasteiger partial charge in [-0.15, -0.1) is 0 Å². The van der Waals surface area contributed by atoms with Gasteiger partial charge in [-0.25, -0.2) is 4.98 Å². The smallest absolute Gasteiger partial charge is 0.208 e. The number of oxazole rings is 1. The van der Waals surface area contributed by atoms with Crippen LogP contribution in [0, 0.1) is 0 Å². The number of aliphatic hydroxyl groups excluding tert-OH is 1. The van der Waals surface area contributed by atoms with Crippen molar-refractivity contribution in [3.05, 3.63) is 17.8 Å². The Labute approximate surface area is 109 Å². The first-order valence-corrected chi connectivity index (χ1v) is 6.66. The van der Waals surface area contributed by atoms with Gasteiger partial charge in [0.2, 0.25) is 5.89 Å². The van der Waals surface area contributed by atoms with E-state index < -0.39 is 6.10 Å². The van der Waals surface area contributed by atoms with Gasteiger partial charge >= 0.3 is 0 Å². The van der Waals surface area contributed by atoms with Gasteiger partial charge in [-0.3, -0.25) is 0 Å². The van der Waals surface area contributed by atoms with Gasteiger partial charge in [-0.1, -0.05) is 20.3 Å². The quantitative estimate of drug-likeness (QED) is 0.621. The summed E-state index contributed by atoms with van der Waals surface area (Å²) in [6.07, 6.45) is 4.25. The highest BCUT2D eigenvalue weighted by atomic mass is 16.5. The number of aromatic nitrogens is 1. The lowest BCUT2D eigenvalue weighted by molar-refractivity contribution is 0.0355. The minimum Gasteiger partial charge on any atom is -0.444 e. The summed E-state index contributed by atoms with van der Waals surface area (Å²) in [6.45, 7) is 6.24. The van der Waals surface area contributed by atoms with Gasteiger partial charge in [-0.05, 0) is 6.42 Å². The van der Waals surface area contributed by atoms with E-state index in [2.05, 4.69) is 17.2 Å². The van der Waals surface area contributed by atoms with Crippen molar-refractivity contribution in [1.29, 1.82) is 0 Å². The standard InChI is InChI=1S/C13H24N2O3/c1-3-5-6-17-10-11(16)7-14-9-13-15-8-12(4-2)18-13/h8,11,14,16H,3-7,9-10H2,1-2H3. The first-order chi connectivity index (χ1) is 8.76. The summed E-state index contributed by atoms with van der Waals surface area (Å²) in [5.74, 6) is 1.54. The zero-order chi connectivity index (χ0) is 13.2. The van der Waals surface area contributed by atoms with E-state index in [4.69, 9.17) is 9.15 Å². The van der Waals surface area contributed by atoms with Crippen LogP contribution in [0.15, 0.2) is 10.6 Å². The van der Waals surface area contributed by atoms with Crippen LogP contribution in [0.1, 0.15) is 38.3 Å². The maximum absolute atomic E-state index is 9.64. The van der Waals surface area contributed by atoms with Crippen LogP contribution in [0.4, 0.5) is 0 Å². The molecule has 0 spiro atoms. The lowest BCUT2D eigenvalue weighted by Crippen LogP contribution is -2.30. The van der Waals surface area contributed by atoms with Crippen LogP contribution in [-0.4, -0.2) is 36.0 Å². The molecule has 1 rings (SSSR count). The highest BCUT2D eigenvalue weighted by Crippen LogP contribution is 2.03. The molecule has 1 aromatic heterocycles. The third-order valence-corrected chi connectivity index (χ3v) is 2.56. The van der Waals surface area contributed by atoms with Crippen molar-refractivity contribution in [2.45, 2.75) is 45.8 Å². The second kappa shape index (κ2) is 9.08. The average Bonchev–Trinajstić information content (AvgIpc) is 2.83. The molecule has 0 aliphatic heterocycles. The molecule has 1 unspecified atom stereocenters. The van der Waals surface area contributed by atoms with E-state index in [1.807, 2.05) is 6.92 Å². The number of nitrogens with zero attached hydrogens (tertiary/aromatic N) is 1. The van der Waals surface area contributed by atoms with Crippen molar-refractivity contribution < 1.29 is 14.3 Å². The molecule has 5 heteroatoms. The van der Waals surface area contributed by atoms with Crippen LogP contribution < -0.4 is 5.32 Å². The van der Waals surface area contributed by atoms with Crippen LogP contribution in [0.5, 0.6) is 0 Å². The third-order valence-electron chi connectivity index (χ3n) is 2.56. The molecule has 0 saturated carbocycles. The van der Waals surface area contributed by atoms with Gasteiger partial charge in [0, 0.05) is 19.6 Å². The zero-order valence-electron chi connectivity index (χ0n) is 11.3. The summed E-state index contributed by atoms with van der Waals surface area (Å²) in [7, 11) is 0. The molecule has 0 aromatic carbocycles. The van der Waals surface area contributed by atoms with Crippen LogP contribution in [-0.2, 0) is 17.7 Å². The zero-order valence-corrected chi connectivity index (χ0v) is 11.3. The van der Waals surface area contributed by atoms with E-state index in [-0.39, 0.29) is 0 Å². The molecule has 5 nitrogen and oxygen atoms in total. The Balaban J connectivity index is 2.05. The van der Waals surface area contributed by atoms with Crippen LogP contribution in [0.25, 0.3) is 0 Å². The van der Waals surface area contributed by atoms with Crippen LogP contribution in [0.2, 0.25) is 0 Å². The topological polar surface area (TPSA) is 67.5 Å². The van der Waals surface area contributed by atoms with Crippen molar-refractivity contribution in [3.8, 4) is 0 Å². The van der Waals surface area contributed by atoms with Crippen LogP contribution >= 0.6 is 0 Å². The molecule has 1 atom stereocenters. The molecule has 0 saturated heterocycles. The molecule has 0 radical (unpaired) electrons. The van der Waals surface area contributed by atoms with Crippen molar-refractivity contribution in [1.82, 2.24) is 10.3 Å². The van der Waals surface area contributed by atoms with E-state index >= 15 is 0 Å². The molecule has 0 aliphatic rings. The van der Waals surface area contributed by atoms with Crippen molar-refractivity contribution >= 4 is 0 Å². The van der Waals surface area contributed by atoms with Crippen molar-refractivity contribution in [3.63, 3.8) is 0 Å². The van der Waals surface area contributed by atoms with Gasteiger partial charge in [0.05, 0.1) is 25.5 Å². The predicted octanol–water partition coefficient (Wildman–Crippen LogP) is 1.50. The fourth-order valence-corrected chi connectivity index (χ4v) is 1.46. The molecule has 2 N–H and O–H groups in total. The number of hydrogen-bond donors (Lipinski definition) is 2. The van der Waals surface area contributed by atoms with Gasteiger partial charge in [0.25, 0.3) is 0 Å². The summed E-state index contributed by atoms with van der Waals surface area (Å²) in [6, 6.07) is 0. The molecular weight excluding hydrogens is 232 g/mol. The van der Waals surface area contributed by atoms with Gasteiger partial charge in [0.1, 0.15) is 5.76 Å². The number of ether oxygens (including phenoxy) is 1. The van der Waals surface area contributed by atoms with E-state index in [0.29, 0.717) is 32.2 Å². The van der Waals surface area contributed by atoms with E-state index in [1.54, 1.807) is 6.20 Å². The number of nitrogens with one attached hydrogen (secondary N) is 1. The van der Waals surface area contributed by atoms with Crippen molar-refractivity contribution in [2.24, 2.45) is 0 Å². The van der Waals surface area contributed by atoms with Crippen LogP contribution in [0.3, 0.4) is 0 Å². The summed E-state index contributed by atoms with van der Waals surface area (Å²) in [5, 5.41) is 12.7. The van der Waals surface area contributed by atoms with E-state index in [9.17, 15) is 5.11 Å². The largest absolute Gasteiger partial charge is 0.444 e. The molecule has 104 valence electrons. The summed E-state index contributed by atoms with van der Waals surface area (Å²) < 4.78 is 10.8. The Hall–Kier alpha value is -0.910. The van der Waals surface area contributed by atoms with Gasteiger partial charge in [0.15, 0.2) is 0 Å². The minimum atomic E-state index is -0.484. The second-order valence-corrected chi connectivity index (χ2v) is 4.29. The Morgan fingerprint density at radius 3 is 3.00 bits per heavy atom. The first-order valence-electron chi connectivity index (χ1n) is 6.66. The number of unbranched alkanes of at least 4 members (excludes halogenated alkanes) is 1. The molecule has 1 heterocycles. The molecule has 0 bridgehead atoms. The Bertz CT molecular complexity index is 315. The summed E-state index contributed by atoms with van der Waals surface area (Å²) >= 11 is 0. The molecule has 18 heavy (non-hydrogen) atoms. The monoisotopic (exact) mass is 256 g/mol. The second-order valence-electron chi connectivity index (χ2n) is 4.29. The molecule has 1 aromatic rings. The van der Waals surface area contributed by atoms with E-state index in [1.165, 1.54) is 0 Å². The van der Waals surface area contributed by atoms with Crippen molar-refractivity contribution in [2.75, 3.05) is 19.8 Å². The lowest BCUT2D eigenvalue weighted by atomic mass is 10.3. The highest BCUT2D eigenvalue weighted by Gasteiger charge is 2.06.